The van der Waals surface area contributed by atoms with Crippen molar-refractivity contribution in [1.82, 2.24) is 87.1 Å². The van der Waals surface area contributed by atoms with E-state index in [1.807, 2.05) is 48.9 Å². The van der Waals surface area contributed by atoms with E-state index in [1.54, 1.807) is 63.5 Å². The summed E-state index contributed by atoms with van der Waals surface area (Å²) >= 11 is 23.1. The molecule has 0 aliphatic heterocycles. The Bertz CT molecular complexity index is 6930. The lowest BCUT2D eigenvalue weighted by atomic mass is 9.44. The van der Waals surface area contributed by atoms with Crippen LogP contribution in [0.2, 0.25) is 20.1 Å². The summed E-state index contributed by atoms with van der Waals surface area (Å²) in [6.07, 6.45) is 11.9. The number of anilines is 1. The maximum absolute atomic E-state index is 13.6. The minimum atomic E-state index is -4.57. The van der Waals surface area contributed by atoms with Gasteiger partial charge in [0.2, 0.25) is 5.88 Å². The van der Waals surface area contributed by atoms with Crippen molar-refractivity contribution in [3.05, 3.63) is 251 Å². The average Bonchev–Trinajstić information content (AvgIpc) is 1.67. The largest absolute Gasteiger partial charge is 0.484 e. The summed E-state index contributed by atoms with van der Waals surface area (Å²) in [4.78, 5) is 131. The Hall–Kier alpha value is -13.7. The third kappa shape index (κ3) is 23.5. The van der Waals surface area contributed by atoms with Crippen LogP contribution < -0.4 is 81.6 Å². The lowest BCUT2D eigenvalue weighted by Crippen LogP contribution is -2.84. The molecule has 15 fully saturated rings. The number of para-hydroxylation sites is 1. The second-order valence-corrected chi connectivity index (χ2v) is 42.5. The third-order valence-corrected chi connectivity index (χ3v) is 30.2. The van der Waals surface area contributed by atoms with E-state index in [9.17, 15) is 78.3 Å². The number of methoxy groups -OCH3 is 1. The SMILES string of the molecule is CC(F)c1cnc(NC23CC(NC(=O)COc4ccc(Cl)c(F)c4)(C2)C3)cn1.COc1cc(C(=O)NC23CC(NC(=O)COc4ccc(Cl)c(F)c4)(C2)C3)n(C)n1.Cc1cc(OCC(=O)NC23CCC(NC(=O)c4cnc(C(F)(F)F)s4)(C2)C3)ccc1Cl.Cc1ccc(OCC(=O)NC23CC(NC(=O)c4cc5ccccc5n4C)(C2)C3)cc1F.Cc1cncc(C(=O)NC23CC(NC(=O)COc4ccc(Cl)c(F)c4)(C2)C3)n1. The van der Waals surface area contributed by atoms with Crippen molar-refractivity contribution in [2.75, 3.05) is 45.5 Å². The zero-order valence-electron chi connectivity index (χ0n) is 80.1. The molecule has 5 heterocycles. The van der Waals surface area contributed by atoms with Gasteiger partial charge in [-0.15, -0.1) is 16.4 Å². The second-order valence-electron chi connectivity index (χ2n) is 39.8. The summed E-state index contributed by atoms with van der Waals surface area (Å²) in [5.74, 6) is -2.12. The smallest absolute Gasteiger partial charge is 0.443 e. The number of thiazole rings is 1. The fourth-order valence-electron chi connectivity index (χ4n) is 21.5. The molecule has 0 radical (unpaired) electrons. The fraction of sp³-hybridized carbons (Fsp3) is 0.396. The Morgan fingerprint density at radius 2 is 0.830 bits per heavy atom. The quantitative estimate of drug-likeness (QED) is 0.0175. The fourth-order valence-corrected chi connectivity index (χ4v) is 22.7. The lowest BCUT2D eigenvalue weighted by molar-refractivity contribution is -0.142. The topological polar surface area (TPSA) is 417 Å². The molecular formula is C101H100Cl4F8N18O15S. The number of aryl methyl sites for hydroxylation is 5. The number of carbonyl (C=O) groups excluding carboxylic acids is 9. The monoisotopic (exact) mass is 2130 g/mol. The van der Waals surface area contributed by atoms with Crippen LogP contribution in [0.25, 0.3) is 10.9 Å². The van der Waals surface area contributed by atoms with Crippen LogP contribution in [0, 0.1) is 44.0 Å². The molecule has 10 bridgehead atoms. The molecule has 1 unspecified atom stereocenters. The van der Waals surface area contributed by atoms with E-state index in [0.717, 1.165) is 60.1 Å². The van der Waals surface area contributed by atoms with Gasteiger partial charge in [0, 0.05) is 122 Å². The maximum atomic E-state index is 13.6. The van der Waals surface area contributed by atoms with E-state index in [2.05, 4.69) is 83.2 Å². The molecule has 147 heavy (non-hydrogen) atoms. The highest BCUT2D eigenvalue weighted by atomic mass is 35.5. The summed E-state index contributed by atoms with van der Waals surface area (Å²) in [5.41, 5.74) is 1.66. The Morgan fingerprint density at radius 1 is 0.429 bits per heavy atom. The maximum Gasteiger partial charge on any atom is 0.443 e. The van der Waals surface area contributed by atoms with E-state index in [1.165, 1.54) is 79.8 Å². The number of fused-ring (bicyclic) bond motifs is 2. The first-order valence-corrected chi connectivity index (χ1v) is 49.0. The first-order valence-electron chi connectivity index (χ1n) is 46.6. The van der Waals surface area contributed by atoms with Crippen LogP contribution in [0.4, 0.5) is 40.9 Å². The minimum absolute atomic E-state index is 0.00185. The molecule has 15 aliphatic carbocycles. The molecule has 1 atom stereocenters. The number of carbonyl (C=O) groups is 9. The lowest BCUT2D eigenvalue weighted by Gasteiger charge is -2.70. The molecule has 26 rings (SSSR count). The van der Waals surface area contributed by atoms with Crippen molar-refractivity contribution in [3.8, 4) is 34.6 Å². The van der Waals surface area contributed by atoms with Gasteiger partial charge in [-0.05, 0) is 214 Å². The summed E-state index contributed by atoms with van der Waals surface area (Å²) in [7, 11) is 5.05. The number of ether oxygens (including phenoxy) is 6. The molecule has 33 nitrogen and oxygen atoms in total. The Kier molecular flexibility index (Phi) is 29.1. The highest BCUT2D eigenvalue weighted by Gasteiger charge is 2.72. The minimum Gasteiger partial charge on any atom is -0.484 e. The number of alkyl halides is 4. The van der Waals surface area contributed by atoms with Crippen LogP contribution >= 0.6 is 57.7 Å². The molecular weight excluding hydrogens is 2030 g/mol. The van der Waals surface area contributed by atoms with Crippen molar-refractivity contribution in [3.63, 3.8) is 0 Å². The first-order chi connectivity index (χ1) is 69.6. The van der Waals surface area contributed by atoms with Crippen molar-refractivity contribution in [1.29, 1.82) is 0 Å². The number of hydrogen-bond acceptors (Lipinski definition) is 23. The molecule has 15 saturated carbocycles. The molecule has 9 amide bonds. The molecule has 15 aliphatic rings. The molecule has 10 N–H and O–H groups in total. The highest BCUT2D eigenvalue weighted by Crippen LogP contribution is 2.64. The average molecular weight is 2130 g/mol. The summed E-state index contributed by atoms with van der Waals surface area (Å²) < 4.78 is 140. The number of halogens is 12. The summed E-state index contributed by atoms with van der Waals surface area (Å²) in [6, 6.07) is 33.1. The molecule has 11 aromatic rings. The van der Waals surface area contributed by atoms with Crippen LogP contribution in [0.5, 0.6) is 34.6 Å². The molecule has 774 valence electrons. The van der Waals surface area contributed by atoms with Crippen LogP contribution in [0.1, 0.15) is 184 Å². The number of nitrogens with one attached hydrogen (secondary N) is 10. The molecule has 0 spiro atoms. The first kappa shape index (κ1) is 105. The van der Waals surface area contributed by atoms with Gasteiger partial charge in [0.25, 0.3) is 53.2 Å². The van der Waals surface area contributed by atoms with Crippen LogP contribution in [0.3, 0.4) is 0 Å². The number of hydrogen-bond donors (Lipinski definition) is 10. The van der Waals surface area contributed by atoms with Crippen molar-refractivity contribution in [2.45, 2.75) is 198 Å². The third-order valence-electron chi connectivity index (χ3n) is 27.8. The van der Waals surface area contributed by atoms with Crippen molar-refractivity contribution in [2.24, 2.45) is 14.1 Å². The van der Waals surface area contributed by atoms with E-state index >= 15 is 0 Å². The van der Waals surface area contributed by atoms with Crippen molar-refractivity contribution >= 4 is 128 Å². The van der Waals surface area contributed by atoms with Crippen LogP contribution in [-0.2, 0) is 44.2 Å². The second kappa shape index (κ2) is 40.8. The van der Waals surface area contributed by atoms with E-state index in [4.69, 9.17) is 74.8 Å². The number of rotatable bonds is 32. The van der Waals surface area contributed by atoms with E-state index in [0.29, 0.717) is 151 Å². The van der Waals surface area contributed by atoms with Gasteiger partial charge in [0.15, 0.2) is 38.0 Å². The van der Waals surface area contributed by atoms with E-state index in [-0.39, 0.29) is 173 Å². The highest BCUT2D eigenvalue weighted by molar-refractivity contribution is 7.13. The van der Waals surface area contributed by atoms with Crippen LogP contribution in [0.15, 0.2) is 158 Å². The molecule has 5 aromatic heterocycles. The Balaban J connectivity index is 0.000000126. The van der Waals surface area contributed by atoms with Gasteiger partial charge in [-0.25, -0.2) is 36.9 Å². The zero-order valence-corrected chi connectivity index (χ0v) is 83.9. The van der Waals surface area contributed by atoms with Crippen LogP contribution in [-0.4, -0.2) is 188 Å². The van der Waals surface area contributed by atoms with Gasteiger partial charge in [0.1, 0.15) is 86.0 Å². The predicted molar refractivity (Wildman–Crippen MR) is 523 cm³/mol. The number of aromatic nitrogens is 8. The van der Waals surface area contributed by atoms with Gasteiger partial charge in [-0.1, -0.05) is 70.7 Å². The molecule has 6 aromatic carbocycles. The molecule has 0 saturated heterocycles. The molecule has 46 heteroatoms. The number of nitrogens with zero attached hydrogens (tertiary/aromatic N) is 8. The van der Waals surface area contributed by atoms with Gasteiger partial charge in [-0.3, -0.25) is 57.8 Å². The predicted octanol–water partition coefficient (Wildman–Crippen LogP) is 14.9. The number of benzene rings is 6. The van der Waals surface area contributed by atoms with Crippen molar-refractivity contribution < 1.29 is 107 Å². The van der Waals surface area contributed by atoms with Gasteiger partial charge < -0.3 is 86.2 Å². The van der Waals surface area contributed by atoms with Gasteiger partial charge >= 0.3 is 6.18 Å². The van der Waals surface area contributed by atoms with Gasteiger partial charge in [0.05, 0.1) is 58.4 Å². The summed E-state index contributed by atoms with van der Waals surface area (Å²) in [6.45, 7) is 5.74. The Labute approximate surface area is 859 Å². The summed E-state index contributed by atoms with van der Waals surface area (Å²) in [5, 5.41) is 34.9. The normalized spacial score (nSPS) is 24.5. The zero-order chi connectivity index (χ0) is 105. The number of amides is 9. The Morgan fingerprint density at radius 3 is 1.24 bits per heavy atom. The van der Waals surface area contributed by atoms with E-state index < -0.39 is 51.8 Å². The standard InChI is InChI=1S/C24H24FN3O3.C20H19ClF3N3O3S.C19H19ClF2N4O2.C19H20ClFN4O4.C19H18ClFN4O3/c1-15-7-8-17(10-18(15)25)31-11-21(29)26-23-12-24(13-23,14-23)27-22(30)20-9-16-5-3-4-6-19(16)28(20)2;1-11-6-12(2-3-13(11)21)30-8-15(28)26-18-4-5-19(9-18,10-18)27-16(29)14-7-25-17(31-14)20(22,23)24;1-11(21)15-5-24-16(6-23-15)25-18-8-19(9-18,10-18)26-17(27)7-28-12-2-3-13(20)14(22)4-12;1-25-14(6-16(24-25)28-2)17(27)23-19-8-18(9-19,10-19)22-15(26)7-29-11-3-4-12(20)13(21)5-11;1-11-5-22-6-15(23-11)17(27)25-19-8-18(9-19,10-19)24-16(26)7-28-12-2-3-13(20)14(21)4-12/h3-10H,11-14H2,1-2H3,(H,26,29)(H,27,30);2-3,6-7H,4-5,8-10H2,1H3,(H,26,28)(H,27,29);2-6,11H,7-10H2,1H3,(H,24,25)(H,26,27);3-6H,7-10H2,1-2H3,(H,22,26)(H,23,27);2-6H,7-10H2,1H3,(H,24,26)(H,25,27). The van der Waals surface area contributed by atoms with Gasteiger partial charge in [-0.2, -0.15) is 13.2 Å².